The van der Waals surface area contributed by atoms with Crippen molar-refractivity contribution in [2.45, 2.75) is 25.3 Å². The number of nitrogens with zero attached hydrogens (tertiary/aromatic N) is 2. The van der Waals surface area contributed by atoms with Gasteiger partial charge in [-0.1, -0.05) is 30.0 Å². The maximum absolute atomic E-state index is 12.4. The summed E-state index contributed by atoms with van der Waals surface area (Å²) in [4.78, 5) is 34.9. The molecule has 3 aromatic rings. The lowest BCUT2D eigenvalue weighted by Gasteiger charge is -2.10. The second kappa shape index (κ2) is 8.49. The van der Waals surface area contributed by atoms with Gasteiger partial charge in [-0.05, 0) is 31.0 Å². The molecule has 2 aromatic heterocycles. The van der Waals surface area contributed by atoms with Crippen molar-refractivity contribution in [3.8, 4) is 0 Å². The Bertz CT molecular complexity index is 1000. The molecule has 0 aliphatic carbocycles. The summed E-state index contributed by atoms with van der Waals surface area (Å²) in [5.41, 5.74) is 2.60. The first-order valence-electron chi connectivity index (χ1n) is 8.41. The molecule has 0 fully saturated rings. The number of aromatic nitrogens is 2. The minimum atomic E-state index is -0.138. The van der Waals surface area contributed by atoms with Crippen molar-refractivity contribution in [2.75, 3.05) is 18.1 Å². The van der Waals surface area contributed by atoms with Crippen molar-refractivity contribution < 1.29 is 9.59 Å². The number of likely N-dealkylation sites (N-methyl/N-ethyl adjacent to an activating group) is 1. The van der Waals surface area contributed by atoms with Gasteiger partial charge in [0.05, 0.1) is 12.2 Å². The summed E-state index contributed by atoms with van der Waals surface area (Å²) in [6.45, 7) is 4.11. The number of fused-ring (bicyclic) bond motifs is 1. The number of para-hydroxylation sites is 1. The maximum atomic E-state index is 12.4. The van der Waals surface area contributed by atoms with Crippen molar-refractivity contribution in [1.82, 2.24) is 15.3 Å². The van der Waals surface area contributed by atoms with Gasteiger partial charge < -0.3 is 10.6 Å². The van der Waals surface area contributed by atoms with Gasteiger partial charge in [0, 0.05) is 23.0 Å². The number of anilines is 1. The molecule has 0 spiro atoms. The fourth-order valence-electron chi connectivity index (χ4n) is 2.64. The molecule has 0 radical (unpaired) electrons. The number of thioether (sulfide) groups is 1. The van der Waals surface area contributed by atoms with E-state index in [9.17, 15) is 9.59 Å². The van der Waals surface area contributed by atoms with E-state index in [1.807, 2.05) is 18.2 Å². The van der Waals surface area contributed by atoms with E-state index in [4.69, 9.17) is 0 Å². The zero-order chi connectivity index (χ0) is 19.4. The van der Waals surface area contributed by atoms with Crippen molar-refractivity contribution in [1.29, 1.82) is 0 Å². The number of hydrogen-bond donors (Lipinski definition) is 2. The van der Waals surface area contributed by atoms with Crippen LogP contribution in [0.2, 0.25) is 0 Å². The number of thiophene rings is 1. The topological polar surface area (TPSA) is 84.0 Å². The summed E-state index contributed by atoms with van der Waals surface area (Å²) in [7, 11) is 1.59. The van der Waals surface area contributed by atoms with Crippen LogP contribution in [0.3, 0.4) is 0 Å². The first kappa shape index (κ1) is 19.3. The van der Waals surface area contributed by atoms with Gasteiger partial charge in [0.1, 0.15) is 16.2 Å². The van der Waals surface area contributed by atoms with Crippen molar-refractivity contribution in [2.24, 2.45) is 0 Å². The molecule has 0 unspecified atom stereocenters. The van der Waals surface area contributed by atoms with Gasteiger partial charge in [-0.15, -0.1) is 11.3 Å². The Balaban J connectivity index is 1.70. The van der Waals surface area contributed by atoms with Crippen LogP contribution < -0.4 is 10.6 Å². The van der Waals surface area contributed by atoms with E-state index in [0.717, 1.165) is 26.4 Å². The van der Waals surface area contributed by atoms with Crippen LogP contribution >= 0.6 is 23.1 Å². The minimum absolute atomic E-state index is 0.0993. The molecular weight excluding hydrogens is 380 g/mol. The Morgan fingerprint density at radius 3 is 2.70 bits per heavy atom. The molecule has 140 valence electrons. The van der Waals surface area contributed by atoms with Crippen LogP contribution in [-0.4, -0.2) is 34.6 Å². The number of rotatable bonds is 6. The Morgan fingerprint density at radius 2 is 1.93 bits per heavy atom. The molecule has 1 aromatic carbocycles. The molecule has 2 N–H and O–H groups in total. The summed E-state index contributed by atoms with van der Waals surface area (Å²) in [5, 5.41) is 7.33. The van der Waals surface area contributed by atoms with Crippen molar-refractivity contribution in [3.05, 3.63) is 46.6 Å². The summed E-state index contributed by atoms with van der Waals surface area (Å²) in [5.74, 6) is -0.00661. The minimum Gasteiger partial charge on any atom is -0.359 e. The average Bonchev–Trinajstić information content (AvgIpc) is 2.96. The summed E-state index contributed by atoms with van der Waals surface area (Å²) < 4.78 is 0. The van der Waals surface area contributed by atoms with Gasteiger partial charge in [-0.2, -0.15) is 0 Å². The van der Waals surface area contributed by atoms with Gasteiger partial charge in [0.15, 0.2) is 0 Å². The van der Waals surface area contributed by atoms with Crippen molar-refractivity contribution in [3.63, 3.8) is 0 Å². The van der Waals surface area contributed by atoms with Crippen LogP contribution in [0.4, 0.5) is 5.69 Å². The molecule has 0 saturated carbocycles. The predicted molar refractivity (Wildman–Crippen MR) is 110 cm³/mol. The monoisotopic (exact) mass is 400 g/mol. The fourth-order valence-corrected chi connectivity index (χ4v) is 4.55. The zero-order valence-electron chi connectivity index (χ0n) is 15.3. The highest BCUT2D eigenvalue weighted by Crippen LogP contribution is 2.34. The highest BCUT2D eigenvalue weighted by Gasteiger charge is 2.14. The van der Waals surface area contributed by atoms with Gasteiger partial charge in [0.25, 0.3) is 0 Å². The van der Waals surface area contributed by atoms with Gasteiger partial charge in [0.2, 0.25) is 11.8 Å². The Hall–Kier alpha value is -2.45. The molecule has 2 amide bonds. The maximum Gasteiger partial charge on any atom is 0.234 e. The van der Waals surface area contributed by atoms with Gasteiger partial charge in [-0.3, -0.25) is 9.59 Å². The van der Waals surface area contributed by atoms with E-state index in [-0.39, 0.29) is 24.0 Å². The van der Waals surface area contributed by atoms with Crippen molar-refractivity contribution >= 4 is 50.8 Å². The smallest absolute Gasteiger partial charge is 0.234 e. The molecule has 6 nitrogen and oxygen atoms in total. The predicted octanol–water partition coefficient (Wildman–Crippen LogP) is 3.33. The third-order valence-corrected chi connectivity index (χ3v) is 6.30. The van der Waals surface area contributed by atoms with Crippen LogP contribution in [0.25, 0.3) is 10.2 Å². The summed E-state index contributed by atoms with van der Waals surface area (Å²) in [6.07, 6.45) is 1.76. The third-order valence-electron chi connectivity index (χ3n) is 4.19. The number of nitrogens with one attached hydrogen (secondary N) is 2. The molecule has 2 heterocycles. The molecular formula is C19H20N4O2S2. The SMILES string of the molecule is CNC(=O)Cc1ccccc1NC(=O)CSc1ncnc2sc(C)c(C)c12. The largest absolute Gasteiger partial charge is 0.359 e. The van der Waals surface area contributed by atoms with E-state index >= 15 is 0 Å². The third kappa shape index (κ3) is 4.45. The van der Waals surface area contributed by atoms with Crippen LogP contribution in [0.1, 0.15) is 16.0 Å². The number of aryl methyl sites for hydroxylation is 2. The fraction of sp³-hybridized carbons (Fsp3) is 0.263. The Labute approximate surface area is 165 Å². The number of amides is 2. The molecule has 0 aliphatic rings. The number of carbonyl (C=O) groups excluding carboxylic acids is 2. The zero-order valence-corrected chi connectivity index (χ0v) is 17.0. The average molecular weight is 401 g/mol. The van der Waals surface area contributed by atoms with Crippen LogP contribution in [0, 0.1) is 13.8 Å². The highest BCUT2D eigenvalue weighted by atomic mass is 32.2. The second-order valence-electron chi connectivity index (χ2n) is 5.99. The first-order chi connectivity index (χ1) is 13.0. The van der Waals surface area contributed by atoms with E-state index in [2.05, 4.69) is 34.4 Å². The number of benzene rings is 1. The molecule has 0 aliphatic heterocycles. The van der Waals surface area contributed by atoms with Crippen LogP contribution in [0.15, 0.2) is 35.6 Å². The van der Waals surface area contributed by atoms with E-state index in [1.54, 1.807) is 24.5 Å². The molecule has 0 saturated heterocycles. The summed E-state index contributed by atoms with van der Waals surface area (Å²) >= 11 is 3.03. The lowest BCUT2D eigenvalue weighted by atomic mass is 10.1. The van der Waals surface area contributed by atoms with Gasteiger partial charge >= 0.3 is 0 Å². The Kier molecular flexibility index (Phi) is 6.08. The number of hydrogen-bond acceptors (Lipinski definition) is 6. The lowest BCUT2D eigenvalue weighted by molar-refractivity contribution is -0.120. The van der Waals surface area contributed by atoms with Gasteiger partial charge in [-0.25, -0.2) is 9.97 Å². The van der Waals surface area contributed by atoms with Crippen LogP contribution in [0.5, 0.6) is 0 Å². The van der Waals surface area contributed by atoms with E-state index in [1.165, 1.54) is 23.0 Å². The number of carbonyl (C=O) groups is 2. The molecule has 0 bridgehead atoms. The Morgan fingerprint density at radius 1 is 1.15 bits per heavy atom. The van der Waals surface area contributed by atoms with Crippen LogP contribution in [-0.2, 0) is 16.0 Å². The lowest BCUT2D eigenvalue weighted by Crippen LogP contribution is -2.21. The molecule has 0 atom stereocenters. The molecule has 3 rings (SSSR count). The van der Waals surface area contributed by atoms with E-state index < -0.39 is 0 Å². The normalized spacial score (nSPS) is 10.8. The van der Waals surface area contributed by atoms with E-state index in [0.29, 0.717) is 5.69 Å². The standard InChI is InChI=1S/C19H20N4O2S2/c1-11-12(2)27-19-17(11)18(21-10-22-19)26-9-16(25)23-14-7-5-4-6-13(14)8-15(24)20-3/h4-7,10H,8-9H2,1-3H3,(H,20,24)(H,23,25). The first-order valence-corrected chi connectivity index (χ1v) is 10.2. The molecule has 8 heteroatoms. The second-order valence-corrected chi connectivity index (χ2v) is 8.15. The molecule has 27 heavy (non-hydrogen) atoms. The summed E-state index contributed by atoms with van der Waals surface area (Å²) in [6, 6.07) is 7.32. The quantitative estimate of drug-likeness (QED) is 0.490. The highest BCUT2D eigenvalue weighted by molar-refractivity contribution is 8.00.